The lowest BCUT2D eigenvalue weighted by Crippen LogP contribution is -2.45. The topological polar surface area (TPSA) is 225 Å². The molecular formula is C104H167BrO15Si4. The van der Waals surface area contributed by atoms with E-state index in [-0.39, 0.29) is 74.8 Å². The van der Waals surface area contributed by atoms with E-state index in [1.54, 1.807) is 0 Å². The average molecular weight is 1850 g/mol. The van der Waals surface area contributed by atoms with Crippen molar-refractivity contribution in [3.63, 3.8) is 0 Å². The molecule has 0 bridgehead atoms. The number of unbranched alkanes of at least 4 members (excludes halogenated alkanes) is 9. The first-order valence-corrected chi connectivity index (χ1v) is 59.6. The number of aliphatic hydroxyl groups is 4. The zero-order valence-electron chi connectivity index (χ0n) is 81.3. The van der Waals surface area contributed by atoms with E-state index in [4.69, 9.17) is 32.3 Å². The molecule has 3 saturated carbocycles. The molecule has 15 nitrogen and oxygen atoms in total. The highest BCUT2D eigenvalue weighted by atomic mass is 79.9. The molecule has 20 heteroatoms. The number of carbonyl (C=O) groups excluding carboxylic acids is 3. The molecule has 14 atom stereocenters. The van der Waals surface area contributed by atoms with Gasteiger partial charge in [0, 0.05) is 30.2 Å². The number of carboxylic acids is 1. The summed E-state index contributed by atoms with van der Waals surface area (Å²) in [6.45, 7) is 52.9. The molecular weight excluding hydrogens is 1680 g/mol. The summed E-state index contributed by atoms with van der Waals surface area (Å²) in [4.78, 5) is 45.0. The maximum Gasteiger partial charge on any atom is 0.305 e. The molecule has 9 rings (SSSR count). The molecule has 6 aromatic carbocycles. The van der Waals surface area contributed by atoms with Gasteiger partial charge in [0.25, 0.3) is 0 Å². The van der Waals surface area contributed by atoms with E-state index in [9.17, 15) is 39.6 Å². The Morgan fingerprint density at radius 3 is 1.01 bits per heavy atom. The molecule has 3 aliphatic rings. The molecule has 0 aliphatic heterocycles. The highest BCUT2D eigenvalue weighted by molar-refractivity contribution is 9.10. The Kier molecular flexibility index (Phi) is 42.6. The van der Waals surface area contributed by atoms with Gasteiger partial charge in [-0.2, -0.15) is 0 Å². The molecule has 6 aromatic rings. The highest BCUT2D eigenvalue weighted by Gasteiger charge is 2.53. The third-order valence-electron chi connectivity index (χ3n) is 29.4. The minimum Gasteiger partial charge on any atom is -0.481 e. The normalized spacial score (nSPS) is 22.0. The van der Waals surface area contributed by atoms with Gasteiger partial charge in [-0.3, -0.25) is 14.4 Å². The number of aliphatic hydroxyl groups excluding tert-OH is 4. The number of fused-ring (bicyclic) bond motifs is 3. The van der Waals surface area contributed by atoms with Crippen molar-refractivity contribution in [2.75, 3.05) is 14.2 Å². The molecule has 3 fully saturated rings. The van der Waals surface area contributed by atoms with E-state index in [0.29, 0.717) is 75.0 Å². The van der Waals surface area contributed by atoms with Crippen LogP contribution >= 0.6 is 15.9 Å². The van der Waals surface area contributed by atoms with Gasteiger partial charge in [0.2, 0.25) is 0 Å². The first kappa shape index (κ1) is 108. The first-order valence-electron chi connectivity index (χ1n) is 47.2. The summed E-state index contributed by atoms with van der Waals surface area (Å²) in [5, 5.41) is 59.7. The van der Waals surface area contributed by atoms with Crippen LogP contribution in [-0.4, -0.2) is 134 Å². The molecule has 696 valence electrons. The van der Waals surface area contributed by atoms with Crippen LogP contribution in [0.4, 0.5) is 0 Å². The summed E-state index contributed by atoms with van der Waals surface area (Å²) in [5.74, 6) is 0.529. The van der Waals surface area contributed by atoms with Crippen molar-refractivity contribution >= 4 is 106 Å². The number of ether oxygens (including phenoxy) is 2. The summed E-state index contributed by atoms with van der Waals surface area (Å²) >= 11 is 3.45. The summed E-state index contributed by atoms with van der Waals surface area (Å²) < 4.78 is 39.4. The van der Waals surface area contributed by atoms with Crippen LogP contribution in [0.2, 0.25) is 72.5 Å². The largest absolute Gasteiger partial charge is 0.481 e. The number of hydrogen-bond donors (Lipinski definition) is 5. The zero-order chi connectivity index (χ0) is 92.5. The van der Waals surface area contributed by atoms with Gasteiger partial charge in [-0.1, -0.05) is 258 Å². The molecule has 0 aromatic heterocycles. The van der Waals surface area contributed by atoms with Crippen molar-refractivity contribution in [3.8, 4) is 0 Å². The third-order valence-corrected chi connectivity index (χ3v) is 47.9. The number of benzene rings is 6. The number of aldehydes is 1. The fourth-order valence-corrected chi connectivity index (χ4v) is 23.5. The quantitative estimate of drug-likeness (QED) is 0.0104. The predicted octanol–water partition coefficient (Wildman–Crippen LogP) is 27.4. The fraction of sp³-hybridized carbons (Fsp3) is 0.673. The molecule has 124 heavy (non-hydrogen) atoms. The second-order valence-electron chi connectivity index (χ2n) is 43.0. The van der Waals surface area contributed by atoms with Crippen LogP contribution in [0.3, 0.4) is 0 Å². The Labute approximate surface area is 762 Å². The van der Waals surface area contributed by atoms with E-state index in [0.717, 1.165) is 148 Å². The monoisotopic (exact) mass is 1850 g/mol. The number of halogens is 1. The van der Waals surface area contributed by atoms with Crippen LogP contribution in [0.25, 0.3) is 32.3 Å². The molecule has 0 heterocycles. The summed E-state index contributed by atoms with van der Waals surface area (Å²) in [6.07, 6.45) is 22.1. The van der Waals surface area contributed by atoms with Gasteiger partial charge in [0.15, 0.2) is 33.3 Å². The van der Waals surface area contributed by atoms with E-state index in [2.05, 4.69) is 263 Å². The average Bonchev–Trinajstić information content (AvgIpc) is 1.63. The van der Waals surface area contributed by atoms with E-state index >= 15 is 0 Å². The maximum absolute atomic E-state index is 11.6. The standard InChI is InChI=1S/C39H66O5Si2.C28H56O5Si2.C26H36O5.C11H9Br/c1-28-19-20-30-26-31(22-21-29(30)25-28)34(40)24-23-33-32(17-15-13-14-16-18-37(41)42-8)35(43-45(9,10)38(2,3)4)27-36(33)44-46(11,12)39(5,6)7;1-27(2,3)34(8,9)32-24-21-25(33-35(10,11)28(4,5)6)23(18-16-20-29)22(24)17-14-12-13-15-19-26(30)31-7;1-17-8-9-19-15-20(11-10-18(19)14-17)23(27)13-12-22-21(24(28)16-25(22)29)6-4-2-3-5-7-26(30)31;1-8-2-3-10-7-11(12)5-4-9(10)6-8/h19-22,25-26,32-36,40H,13-18,23-24,27H2,1-12H3;20,22-25H,12-19,21H2,1-11H3;8-11,14-15,21-25,27-29H,2-7,12-13,16H2,1H3,(H,30,31);2-7H,1H3/t32-,33-,34?,35+,36-;22-,23-,24+,25-;21-,22-,23?,24+,25-;/m111./s1. The number of methoxy groups -OCH3 is 2. The van der Waals surface area contributed by atoms with Gasteiger partial charge in [0.1, 0.15) is 6.29 Å². The van der Waals surface area contributed by atoms with Crippen LogP contribution in [0.15, 0.2) is 114 Å². The van der Waals surface area contributed by atoms with Crippen molar-refractivity contribution in [1.82, 2.24) is 0 Å². The lowest BCUT2D eigenvalue weighted by atomic mass is 9.84. The third kappa shape index (κ3) is 33.2. The molecule has 0 spiro atoms. The van der Waals surface area contributed by atoms with Crippen molar-refractivity contribution in [2.45, 2.75) is 399 Å². The number of carbonyl (C=O) groups is 4. The van der Waals surface area contributed by atoms with Crippen LogP contribution in [0, 0.1) is 56.3 Å². The smallest absolute Gasteiger partial charge is 0.305 e. The Hall–Kier alpha value is -4.79. The molecule has 2 unspecified atom stereocenters. The Balaban J connectivity index is 0.000000273. The van der Waals surface area contributed by atoms with Crippen molar-refractivity contribution in [3.05, 3.63) is 141 Å². The summed E-state index contributed by atoms with van der Waals surface area (Å²) in [7, 11) is -5.02. The highest BCUT2D eigenvalue weighted by Crippen LogP contribution is 2.52. The van der Waals surface area contributed by atoms with Gasteiger partial charge >= 0.3 is 17.9 Å². The molecule has 3 aliphatic carbocycles. The van der Waals surface area contributed by atoms with Crippen LogP contribution < -0.4 is 0 Å². The van der Waals surface area contributed by atoms with Gasteiger partial charge in [0.05, 0.1) is 63.1 Å². The van der Waals surface area contributed by atoms with Crippen molar-refractivity contribution in [2.24, 2.45) is 35.5 Å². The number of aliphatic carboxylic acids is 1. The zero-order valence-corrected chi connectivity index (χ0v) is 86.9. The second kappa shape index (κ2) is 48.9. The molecule has 0 saturated heterocycles. The number of carboxylic acid groups (broad SMARTS) is 1. The van der Waals surface area contributed by atoms with Gasteiger partial charge in [-0.25, -0.2) is 0 Å². The number of rotatable bonds is 40. The van der Waals surface area contributed by atoms with E-state index in [1.165, 1.54) is 52.5 Å². The lowest BCUT2D eigenvalue weighted by Gasteiger charge is -2.40. The predicted molar refractivity (Wildman–Crippen MR) is 527 cm³/mol. The summed E-state index contributed by atoms with van der Waals surface area (Å²) in [5.41, 5.74) is 5.65. The van der Waals surface area contributed by atoms with Crippen LogP contribution in [-0.2, 0) is 46.4 Å². The summed E-state index contributed by atoms with van der Waals surface area (Å²) in [6, 6.07) is 38.0. The minimum absolute atomic E-state index is 0.00762. The first-order chi connectivity index (χ1) is 57.8. The van der Waals surface area contributed by atoms with Crippen molar-refractivity contribution in [1.29, 1.82) is 0 Å². The molecule has 5 N–H and O–H groups in total. The maximum atomic E-state index is 11.6. The molecule has 0 radical (unpaired) electrons. The second-order valence-corrected chi connectivity index (χ2v) is 63.0. The van der Waals surface area contributed by atoms with E-state index in [1.807, 2.05) is 18.2 Å². The number of aryl methyl sites for hydroxylation is 3. The Morgan fingerprint density at radius 1 is 0.387 bits per heavy atom. The fourth-order valence-electron chi connectivity index (χ4n) is 17.6. The Morgan fingerprint density at radius 2 is 0.669 bits per heavy atom. The lowest BCUT2D eigenvalue weighted by molar-refractivity contribution is -0.141. The van der Waals surface area contributed by atoms with Gasteiger partial charge in [-0.05, 0) is 286 Å². The van der Waals surface area contributed by atoms with Crippen molar-refractivity contribution < 1.29 is 71.9 Å². The van der Waals surface area contributed by atoms with Crippen LogP contribution in [0.5, 0.6) is 0 Å². The van der Waals surface area contributed by atoms with E-state index < -0.39 is 63.7 Å². The number of hydrogen-bond acceptors (Lipinski definition) is 14. The van der Waals surface area contributed by atoms with Crippen LogP contribution in [0.1, 0.15) is 296 Å². The number of esters is 2. The van der Waals surface area contributed by atoms with Gasteiger partial charge < -0.3 is 57.5 Å². The SMILES string of the molecule is COC(=O)CCCCCC[C@@H]1[C@@H](CCC(O)c2ccc3cc(C)ccc3c2)[C@H](O[Si](C)(C)C(C)(C)C)C[C@@H]1O[Si](C)(C)C(C)(C)C.COC(=O)CCCCCC[C@@H]1[C@@H](CCC=O)[C@H](O[Si](C)(C)C(C)(C)C)C[C@@H]1O[Si](C)(C)C(C)(C)C.Cc1ccc2cc(Br)ccc2c1.Cc1ccc2cc(C(O)CC[C@@H]3[C@@H](CCCCCCC(=O)O)[C@@H](O)C[C@H]3O)ccc2c1. The minimum atomic E-state index is -2.04. The molecule has 0 amide bonds. The van der Waals surface area contributed by atoms with Gasteiger partial charge in [-0.15, -0.1) is 0 Å². The Bertz CT molecular complexity index is 4230.